The summed E-state index contributed by atoms with van der Waals surface area (Å²) in [5.74, 6) is 0. The molecule has 1 rings (SSSR count). The predicted octanol–water partition coefficient (Wildman–Crippen LogP) is 5.51. The molecule has 0 heterocycles. The van der Waals surface area contributed by atoms with E-state index in [1.807, 2.05) is 0 Å². The van der Waals surface area contributed by atoms with E-state index >= 15 is 0 Å². The summed E-state index contributed by atoms with van der Waals surface area (Å²) in [4.78, 5) is 0. The largest absolute Gasteiger partial charge is 0.0826 e. The van der Waals surface area contributed by atoms with E-state index in [1.54, 1.807) is 0 Å². The number of alkyl halides is 2. The molecule has 1 saturated carbocycles. The quantitative estimate of drug-likeness (QED) is 0.358. The minimum atomic E-state index is 0.954. The van der Waals surface area contributed by atoms with E-state index in [0.29, 0.717) is 0 Å². The normalized spacial score (nSPS) is 33.0. The molecule has 14 heavy (non-hydrogen) atoms. The Bertz CT molecular complexity index is 122. The van der Waals surface area contributed by atoms with Crippen molar-refractivity contribution in [3.63, 3.8) is 0 Å². The first-order valence-corrected chi connectivity index (χ1v) is 8.56. The summed E-state index contributed by atoms with van der Waals surface area (Å²) in [6, 6.07) is 0. The van der Waals surface area contributed by atoms with Gasteiger partial charge in [0.1, 0.15) is 0 Å². The van der Waals surface area contributed by atoms with Crippen molar-refractivity contribution in [3.8, 4) is 0 Å². The fourth-order valence-electron chi connectivity index (χ4n) is 2.11. The van der Waals surface area contributed by atoms with Crippen molar-refractivity contribution in [1.82, 2.24) is 0 Å². The fraction of sp³-hybridized carbons (Fsp3) is 1.00. The van der Waals surface area contributed by atoms with E-state index in [-0.39, 0.29) is 0 Å². The second-order valence-corrected chi connectivity index (χ2v) is 7.99. The summed E-state index contributed by atoms with van der Waals surface area (Å²) in [6.45, 7) is 0. The molecule has 0 amide bonds. The molecule has 0 bridgehead atoms. The monoisotopic (exact) mass is 420 g/mol. The number of rotatable bonds is 0. The van der Waals surface area contributed by atoms with E-state index in [2.05, 4.69) is 45.2 Å². The Morgan fingerprint density at radius 2 is 0.857 bits per heavy atom. The Morgan fingerprint density at radius 3 is 1.36 bits per heavy atom. The van der Waals surface area contributed by atoms with Gasteiger partial charge in [0.15, 0.2) is 0 Å². The molecule has 0 saturated heterocycles. The lowest BCUT2D eigenvalue weighted by molar-refractivity contribution is 0.527. The van der Waals surface area contributed by atoms with Crippen molar-refractivity contribution in [2.24, 2.45) is 0 Å². The molecule has 0 radical (unpaired) electrons. The van der Waals surface area contributed by atoms with Gasteiger partial charge >= 0.3 is 0 Å². The van der Waals surface area contributed by atoms with Gasteiger partial charge < -0.3 is 0 Å². The molecule has 1 aliphatic rings. The van der Waals surface area contributed by atoms with Gasteiger partial charge in [-0.05, 0) is 25.7 Å². The third-order valence-electron chi connectivity index (χ3n) is 3.07. The highest BCUT2D eigenvalue weighted by atomic mass is 127. The lowest BCUT2D eigenvalue weighted by Gasteiger charge is -2.14. The van der Waals surface area contributed by atoms with Crippen molar-refractivity contribution in [2.75, 3.05) is 0 Å². The van der Waals surface area contributed by atoms with Crippen molar-refractivity contribution in [3.05, 3.63) is 0 Å². The van der Waals surface area contributed by atoms with Crippen LogP contribution in [0.5, 0.6) is 0 Å². The Labute approximate surface area is 116 Å². The van der Waals surface area contributed by atoms with E-state index < -0.39 is 0 Å². The average molecular weight is 420 g/mol. The Hall–Kier alpha value is 1.46. The molecule has 1 aliphatic carbocycles. The van der Waals surface area contributed by atoms with Gasteiger partial charge in [0.25, 0.3) is 0 Å². The topological polar surface area (TPSA) is 0 Å². The molecule has 84 valence electrons. The molecule has 0 nitrogen and oxygen atoms in total. The van der Waals surface area contributed by atoms with Gasteiger partial charge in [0, 0.05) is 7.85 Å². The predicted molar refractivity (Wildman–Crippen MR) is 81.8 cm³/mol. The van der Waals surface area contributed by atoms with Crippen LogP contribution < -0.4 is 0 Å². The SMILES string of the molecule is IC1CCCCCCC[C@H](I)CCC1. The number of halogens is 2. The van der Waals surface area contributed by atoms with Gasteiger partial charge in [-0.25, -0.2) is 0 Å². The van der Waals surface area contributed by atoms with E-state index in [0.717, 1.165) is 7.85 Å². The van der Waals surface area contributed by atoms with Gasteiger partial charge in [-0.1, -0.05) is 83.7 Å². The zero-order valence-electron chi connectivity index (χ0n) is 8.98. The number of hydrogen-bond acceptors (Lipinski definition) is 0. The molecule has 0 N–H and O–H groups in total. The smallest absolute Gasteiger partial charge is 0.0110 e. The van der Waals surface area contributed by atoms with Gasteiger partial charge in [0.05, 0.1) is 0 Å². The first-order chi connectivity index (χ1) is 6.79. The maximum Gasteiger partial charge on any atom is 0.0110 e. The van der Waals surface area contributed by atoms with Crippen molar-refractivity contribution >= 4 is 45.2 Å². The minimum Gasteiger partial charge on any atom is -0.0826 e. The first kappa shape index (κ1) is 13.5. The highest BCUT2D eigenvalue weighted by Gasteiger charge is 2.08. The zero-order valence-corrected chi connectivity index (χ0v) is 13.3. The molecule has 2 heteroatoms. The highest BCUT2D eigenvalue weighted by molar-refractivity contribution is 14.1. The van der Waals surface area contributed by atoms with Crippen LogP contribution in [0.4, 0.5) is 0 Å². The second kappa shape index (κ2) is 8.59. The van der Waals surface area contributed by atoms with Crippen LogP contribution in [-0.2, 0) is 0 Å². The molecule has 0 aromatic carbocycles. The van der Waals surface area contributed by atoms with E-state index in [9.17, 15) is 0 Å². The van der Waals surface area contributed by atoms with Crippen LogP contribution in [0.25, 0.3) is 0 Å². The lowest BCUT2D eigenvalue weighted by Crippen LogP contribution is -2.03. The Kier molecular flexibility index (Phi) is 8.30. The van der Waals surface area contributed by atoms with Crippen LogP contribution in [0.15, 0.2) is 0 Å². The highest BCUT2D eigenvalue weighted by Crippen LogP contribution is 2.24. The molecule has 2 atom stereocenters. The average Bonchev–Trinajstić information content (AvgIpc) is 2.14. The summed E-state index contributed by atoms with van der Waals surface area (Å²) < 4.78 is 1.91. The maximum absolute atomic E-state index is 2.66. The van der Waals surface area contributed by atoms with Crippen LogP contribution in [0.3, 0.4) is 0 Å². The summed E-state index contributed by atoms with van der Waals surface area (Å²) in [7, 11) is 0. The van der Waals surface area contributed by atoms with Crippen LogP contribution in [0.1, 0.15) is 64.2 Å². The Morgan fingerprint density at radius 1 is 0.500 bits per heavy atom. The fourth-order valence-corrected chi connectivity index (χ4v) is 3.87. The summed E-state index contributed by atoms with van der Waals surface area (Å²) in [6.07, 6.45) is 14.7. The molecule has 0 spiro atoms. The van der Waals surface area contributed by atoms with E-state index in [1.165, 1.54) is 64.2 Å². The van der Waals surface area contributed by atoms with Crippen LogP contribution in [0, 0.1) is 0 Å². The number of hydrogen-bond donors (Lipinski definition) is 0. The molecular formula is C12H22I2. The van der Waals surface area contributed by atoms with Crippen molar-refractivity contribution in [2.45, 2.75) is 72.1 Å². The van der Waals surface area contributed by atoms with Gasteiger partial charge in [-0.15, -0.1) is 0 Å². The third kappa shape index (κ3) is 6.85. The molecule has 0 aromatic heterocycles. The standard InChI is InChI=1S/C12H22I2/c13-11-7-4-2-1-3-5-8-12(14)10-6-9-11/h11-12H,1-10H2/t11-,12?/m0/s1. The van der Waals surface area contributed by atoms with Gasteiger partial charge in [-0.2, -0.15) is 0 Å². The zero-order chi connectivity index (χ0) is 10.2. The van der Waals surface area contributed by atoms with Crippen LogP contribution >= 0.6 is 45.2 Å². The van der Waals surface area contributed by atoms with Crippen LogP contribution in [-0.4, -0.2) is 7.85 Å². The first-order valence-electron chi connectivity index (χ1n) is 6.07. The van der Waals surface area contributed by atoms with Gasteiger partial charge in [-0.3, -0.25) is 0 Å². The van der Waals surface area contributed by atoms with E-state index in [4.69, 9.17) is 0 Å². The lowest BCUT2D eigenvalue weighted by atomic mass is 10.0. The summed E-state index contributed by atoms with van der Waals surface area (Å²) >= 11 is 5.31. The maximum atomic E-state index is 2.66. The summed E-state index contributed by atoms with van der Waals surface area (Å²) in [5, 5.41) is 0. The molecular weight excluding hydrogens is 398 g/mol. The second-order valence-electron chi connectivity index (χ2n) is 4.47. The van der Waals surface area contributed by atoms with Crippen molar-refractivity contribution in [1.29, 1.82) is 0 Å². The molecule has 1 unspecified atom stereocenters. The summed E-state index contributed by atoms with van der Waals surface area (Å²) in [5.41, 5.74) is 0. The minimum absolute atomic E-state index is 0.954. The van der Waals surface area contributed by atoms with Crippen molar-refractivity contribution < 1.29 is 0 Å². The van der Waals surface area contributed by atoms with Gasteiger partial charge in [0.2, 0.25) is 0 Å². The molecule has 1 fully saturated rings. The molecule has 0 aliphatic heterocycles. The third-order valence-corrected chi connectivity index (χ3v) is 5.56. The molecule has 0 aromatic rings. The Balaban J connectivity index is 2.21. The van der Waals surface area contributed by atoms with Crippen LogP contribution in [0.2, 0.25) is 0 Å².